The van der Waals surface area contributed by atoms with E-state index in [1.807, 2.05) is 19.9 Å². The second kappa shape index (κ2) is 6.77. The molecule has 2 aromatic rings. The Hall–Kier alpha value is -2.52. The number of anilines is 1. The quantitative estimate of drug-likeness (QED) is 0.879. The Morgan fingerprint density at radius 2 is 2.05 bits per heavy atom. The Morgan fingerprint density at radius 3 is 2.62 bits per heavy atom. The van der Waals surface area contributed by atoms with Crippen molar-refractivity contribution in [2.24, 2.45) is 0 Å². The van der Waals surface area contributed by atoms with Gasteiger partial charge in [0.05, 0.1) is 11.6 Å². The minimum Gasteiger partial charge on any atom is -0.297 e. The van der Waals surface area contributed by atoms with Crippen molar-refractivity contribution >= 4 is 28.5 Å². The van der Waals surface area contributed by atoms with Crippen LogP contribution in [0, 0.1) is 11.3 Å². The summed E-state index contributed by atoms with van der Waals surface area (Å²) in [6, 6.07) is 9.02. The number of carbonyl (C=O) groups is 1. The first kappa shape index (κ1) is 14.9. The van der Waals surface area contributed by atoms with Crippen molar-refractivity contribution in [3.63, 3.8) is 0 Å². The number of nitrogens with one attached hydrogen (secondary N) is 1. The van der Waals surface area contributed by atoms with E-state index in [9.17, 15) is 4.79 Å². The van der Waals surface area contributed by atoms with Crippen LogP contribution in [0.1, 0.15) is 35.9 Å². The third kappa shape index (κ3) is 4.23. The Bertz CT molecular complexity index is 695. The molecule has 0 fully saturated rings. The summed E-state index contributed by atoms with van der Waals surface area (Å²) in [5.74, 6) is 0.0353. The van der Waals surface area contributed by atoms with Crippen LogP contribution in [-0.4, -0.2) is 16.1 Å². The summed E-state index contributed by atoms with van der Waals surface area (Å²) < 4.78 is 0. The van der Waals surface area contributed by atoms with Crippen LogP contribution in [0.5, 0.6) is 0 Å². The highest BCUT2D eigenvalue weighted by Crippen LogP contribution is 2.22. The van der Waals surface area contributed by atoms with Gasteiger partial charge in [-0.1, -0.05) is 37.3 Å². The van der Waals surface area contributed by atoms with Gasteiger partial charge in [0, 0.05) is 12.0 Å². The van der Waals surface area contributed by atoms with Gasteiger partial charge in [-0.2, -0.15) is 5.26 Å². The topological polar surface area (TPSA) is 78.7 Å². The smallest absolute Gasteiger partial charge is 0.250 e. The van der Waals surface area contributed by atoms with Crippen molar-refractivity contribution in [3.8, 4) is 6.07 Å². The number of benzene rings is 1. The van der Waals surface area contributed by atoms with Gasteiger partial charge in [0.25, 0.3) is 0 Å². The molecule has 0 aliphatic carbocycles. The first-order chi connectivity index (χ1) is 10.1. The molecule has 0 atom stereocenters. The molecule has 1 N–H and O–H groups in total. The Balaban J connectivity index is 1.96. The lowest BCUT2D eigenvalue weighted by molar-refractivity contribution is -0.111. The molecule has 0 bridgehead atoms. The maximum absolute atomic E-state index is 11.8. The molecule has 106 valence electrons. The van der Waals surface area contributed by atoms with Gasteiger partial charge in [-0.3, -0.25) is 10.1 Å². The zero-order valence-electron chi connectivity index (χ0n) is 11.7. The van der Waals surface area contributed by atoms with Crippen LogP contribution in [0.3, 0.4) is 0 Å². The molecule has 0 saturated heterocycles. The average molecular weight is 298 g/mol. The second-order valence-corrected chi connectivity index (χ2v) is 5.67. The molecule has 6 heteroatoms. The fourth-order valence-corrected chi connectivity index (χ4v) is 2.25. The minimum absolute atomic E-state index is 0.259. The summed E-state index contributed by atoms with van der Waals surface area (Å²) in [6.45, 7) is 4.05. The summed E-state index contributed by atoms with van der Waals surface area (Å²) in [4.78, 5) is 11.8. The molecule has 5 nitrogen and oxygen atoms in total. The molecular formula is C15H14N4OS. The first-order valence-electron chi connectivity index (χ1n) is 6.41. The molecule has 21 heavy (non-hydrogen) atoms. The van der Waals surface area contributed by atoms with Crippen LogP contribution >= 0.6 is 11.3 Å². The maximum atomic E-state index is 11.8. The van der Waals surface area contributed by atoms with Gasteiger partial charge in [0.15, 0.2) is 0 Å². The number of aromatic nitrogens is 2. The van der Waals surface area contributed by atoms with Gasteiger partial charge in [0.1, 0.15) is 5.01 Å². The minimum atomic E-state index is -0.259. The number of rotatable bonds is 4. The summed E-state index contributed by atoms with van der Waals surface area (Å²) >= 11 is 1.37. The van der Waals surface area contributed by atoms with E-state index >= 15 is 0 Å². The highest BCUT2D eigenvalue weighted by Gasteiger charge is 2.08. The van der Waals surface area contributed by atoms with Crippen molar-refractivity contribution in [1.82, 2.24) is 10.2 Å². The van der Waals surface area contributed by atoms with Gasteiger partial charge >= 0.3 is 0 Å². The second-order valence-electron chi connectivity index (χ2n) is 4.66. The van der Waals surface area contributed by atoms with Crippen LogP contribution in [0.15, 0.2) is 30.3 Å². The number of nitriles is 1. The predicted molar refractivity (Wildman–Crippen MR) is 82.8 cm³/mol. The van der Waals surface area contributed by atoms with Crippen molar-refractivity contribution in [1.29, 1.82) is 5.26 Å². The van der Waals surface area contributed by atoms with Crippen LogP contribution < -0.4 is 5.32 Å². The molecule has 0 unspecified atom stereocenters. The largest absolute Gasteiger partial charge is 0.297 e. The number of hydrogen-bond donors (Lipinski definition) is 1. The van der Waals surface area contributed by atoms with Crippen molar-refractivity contribution < 1.29 is 4.79 Å². The molecule has 0 spiro atoms. The van der Waals surface area contributed by atoms with E-state index in [2.05, 4.69) is 15.5 Å². The van der Waals surface area contributed by atoms with Gasteiger partial charge in [-0.05, 0) is 23.8 Å². The predicted octanol–water partition coefficient (Wildman–Crippen LogP) is 3.19. The lowest BCUT2D eigenvalue weighted by Crippen LogP contribution is -2.07. The molecule has 0 aliphatic rings. The van der Waals surface area contributed by atoms with Crippen molar-refractivity contribution in [2.75, 3.05) is 5.32 Å². The van der Waals surface area contributed by atoms with Gasteiger partial charge < -0.3 is 0 Å². The summed E-state index contributed by atoms with van der Waals surface area (Å²) in [5, 5.41) is 20.7. The number of amides is 1. The van der Waals surface area contributed by atoms with E-state index in [0.717, 1.165) is 10.6 Å². The summed E-state index contributed by atoms with van der Waals surface area (Å²) in [7, 11) is 0. The Kier molecular flexibility index (Phi) is 4.80. The van der Waals surface area contributed by atoms with E-state index in [1.165, 1.54) is 17.4 Å². The zero-order valence-corrected chi connectivity index (χ0v) is 12.5. The van der Waals surface area contributed by atoms with Gasteiger partial charge in [0.2, 0.25) is 11.0 Å². The van der Waals surface area contributed by atoms with Crippen molar-refractivity contribution in [2.45, 2.75) is 19.8 Å². The molecule has 1 aromatic carbocycles. The SMILES string of the molecule is CC(C)c1nnc(NC(=O)/C=C/c2ccc(C#N)cc2)s1. The van der Waals surface area contributed by atoms with E-state index in [0.29, 0.717) is 16.6 Å². The van der Waals surface area contributed by atoms with Crippen LogP contribution in [-0.2, 0) is 4.79 Å². The highest BCUT2D eigenvalue weighted by atomic mass is 32.1. The van der Waals surface area contributed by atoms with Crippen molar-refractivity contribution in [3.05, 3.63) is 46.5 Å². The molecule has 0 saturated carbocycles. The molecule has 0 radical (unpaired) electrons. The lowest BCUT2D eigenvalue weighted by atomic mass is 10.1. The highest BCUT2D eigenvalue weighted by molar-refractivity contribution is 7.15. The molecular weight excluding hydrogens is 284 g/mol. The number of nitrogens with zero attached hydrogens (tertiary/aromatic N) is 3. The molecule has 1 heterocycles. The Morgan fingerprint density at radius 1 is 1.33 bits per heavy atom. The monoisotopic (exact) mass is 298 g/mol. The normalized spacial score (nSPS) is 10.8. The third-order valence-corrected chi connectivity index (χ3v) is 3.77. The first-order valence-corrected chi connectivity index (χ1v) is 7.23. The van der Waals surface area contributed by atoms with Crippen LogP contribution in [0.2, 0.25) is 0 Å². The van der Waals surface area contributed by atoms with E-state index in [1.54, 1.807) is 30.3 Å². The molecule has 1 aromatic heterocycles. The zero-order chi connectivity index (χ0) is 15.2. The van der Waals surface area contributed by atoms with E-state index in [4.69, 9.17) is 5.26 Å². The standard InChI is InChI=1S/C15H14N4OS/c1-10(2)14-18-19-15(21-14)17-13(20)8-7-11-3-5-12(9-16)6-4-11/h3-8,10H,1-2H3,(H,17,19,20)/b8-7+. The fraction of sp³-hybridized carbons (Fsp3) is 0.200. The summed E-state index contributed by atoms with van der Waals surface area (Å²) in [5.41, 5.74) is 1.44. The average Bonchev–Trinajstić information content (AvgIpc) is 2.94. The molecule has 2 rings (SSSR count). The van der Waals surface area contributed by atoms with Gasteiger partial charge in [-0.25, -0.2) is 0 Å². The van der Waals surface area contributed by atoms with Crippen LogP contribution in [0.25, 0.3) is 6.08 Å². The van der Waals surface area contributed by atoms with Gasteiger partial charge in [-0.15, -0.1) is 10.2 Å². The molecule has 0 aliphatic heterocycles. The lowest BCUT2D eigenvalue weighted by Gasteiger charge is -1.96. The summed E-state index contributed by atoms with van der Waals surface area (Å²) in [6.07, 6.45) is 3.11. The van der Waals surface area contributed by atoms with Crippen LogP contribution in [0.4, 0.5) is 5.13 Å². The Labute approximate surface area is 127 Å². The molecule has 1 amide bonds. The van der Waals surface area contributed by atoms with E-state index < -0.39 is 0 Å². The third-order valence-electron chi connectivity index (χ3n) is 2.63. The number of carbonyl (C=O) groups excluding carboxylic acids is 1. The van der Waals surface area contributed by atoms with E-state index in [-0.39, 0.29) is 5.91 Å². The maximum Gasteiger partial charge on any atom is 0.250 e. The number of hydrogen-bond acceptors (Lipinski definition) is 5. The fourth-order valence-electron chi connectivity index (χ4n) is 1.51.